The number of likely N-dealkylation sites (tertiary alicyclic amines) is 1. The van der Waals surface area contributed by atoms with Crippen molar-refractivity contribution in [3.05, 3.63) is 17.0 Å². The van der Waals surface area contributed by atoms with Crippen molar-refractivity contribution in [2.24, 2.45) is 5.92 Å². The van der Waals surface area contributed by atoms with Crippen molar-refractivity contribution in [1.29, 1.82) is 0 Å². The van der Waals surface area contributed by atoms with E-state index in [0.29, 0.717) is 29.8 Å². The van der Waals surface area contributed by atoms with Crippen LogP contribution < -0.4 is 0 Å². The van der Waals surface area contributed by atoms with Crippen LogP contribution in [0.25, 0.3) is 0 Å². The maximum Gasteiger partial charge on any atom is 0.252 e. The summed E-state index contributed by atoms with van der Waals surface area (Å²) < 4.78 is 27.2. The Morgan fingerprint density at radius 1 is 1.29 bits per heavy atom. The van der Waals surface area contributed by atoms with Gasteiger partial charge in [-0.1, -0.05) is 19.8 Å². The molecule has 2 fully saturated rings. The lowest BCUT2D eigenvalue weighted by Gasteiger charge is -2.25. The lowest BCUT2D eigenvalue weighted by atomic mass is 10.1. The fourth-order valence-electron chi connectivity index (χ4n) is 3.80. The van der Waals surface area contributed by atoms with Gasteiger partial charge in [0.25, 0.3) is 10.0 Å². The quantitative estimate of drug-likeness (QED) is 0.774. The van der Waals surface area contributed by atoms with Crippen molar-refractivity contribution in [1.82, 2.24) is 9.21 Å². The molecule has 1 aliphatic carbocycles. The molecule has 1 aromatic heterocycles. The highest BCUT2D eigenvalue weighted by atomic mass is 32.2. The Hall–Kier alpha value is -0.920. The number of rotatable bonds is 6. The second kappa shape index (κ2) is 7.14. The molecular formula is C17H26N2O3S2. The van der Waals surface area contributed by atoms with Crippen molar-refractivity contribution in [2.45, 2.75) is 55.7 Å². The first kappa shape index (κ1) is 17.9. The molecule has 0 spiro atoms. The van der Waals surface area contributed by atoms with Crippen LogP contribution in [0, 0.1) is 5.92 Å². The summed E-state index contributed by atoms with van der Waals surface area (Å²) in [5.74, 6) is 0.297. The molecule has 0 radical (unpaired) electrons. The molecule has 2 aliphatic rings. The molecule has 7 heteroatoms. The van der Waals surface area contributed by atoms with Gasteiger partial charge < -0.3 is 4.90 Å². The van der Waals surface area contributed by atoms with E-state index in [4.69, 9.17) is 0 Å². The maximum atomic E-state index is 12.7. The number of hydrogen-bond donors (Lipinski definition) is 0. The van der Waals surface area contributed by atoms with E-state index in [2.05, 4.69) is 0 Å². The van der Waals surface area contributed by atoms with Crippen molar-refractivity contribution >= 4 is 27.3 Å². The third-order valence-electron chi connectivity index (χ3n) is 5.17. The molecule has 1 amide bonds. The fraction of sp³-hybridized carbons (Fsp3) is 0.706. The average Bonchev–Trinajstić information content (AvgIpc) is 3.27. The van der Waals surface area contributed by atoms with Gasteiger partial charge in [-0.05, 0) is 37.3 Å². The molecule has 2 heterocycles. The molecule has 24 heavy (non-hydrogen) atoms. The molecule has 0 bridgehead atoms. The van der Waals surface area contributed by atoms with Crippen LogP contribution >= 0.6 is 11.3 Å². The minimum Gasteiger partial charge on any atom is -0.339 e. The number of hydrogen-bond acceptors (Lipinski definition) is 4. The molecule has 1 aromatic rings. The summed E-state index contributed by atoms with van der Waals surface area (Å²) >= 11 is 1.34. The molecule has 0 aromatic carbocycles. The summed E-state index contributed by atoms with van der Waals surface area (Å²) in [5, 5.41) is 0. The Morgan fingerprint density at radius 2 is 2.00 bits per heavy atom. The highest BCUT2D eigenvalue weighted by Gasteiger charge is 2.37. The van der Waals surface area contributed by atoms with E-state index in [0.717, 1.165) is 24.1 Å². The Bertz CT molecular complexity index is 692. The molecule has 1 aliphatic heterocycles. The molecule has 134 valence electrons. The van der Waals surface area contributed by atoms with Crippen LogP contribution in [-0.2, 0) is 21.2 Å². The van der Waals surface area contributed by atoms with E-state index < -0.39 is 10.0 Å². The first-order valence-corrected chi connectivity index (χ1v) is 11.0. The molecule has 1 saturated carbocycles. The van der Waals surface area contributed by atoms with Crippen LogP contribution in [0.5, 0.6) is 0 Å². The minimum atomic E-state index is -3.45. The van der Waals surface area contributed by atoms with Gasteiger partial charge in [0.15, 0.2) is 0 Å². The van der Waals surface area contributed by atoms with Gasteiger partial charge >= 0.3 is 0 Å². The third kappa shape index (κ3) is 3.53. The Labute approximate surface area is 148 Å². The monoisotopic (exact) mass is 370 g/mol. The van der Waals surface area contributed by atoms with E-state index in [9.17, 15) is 13.2 Å². The zero-order chi connectivity index (χ0) is 17.3. The van der Waals surface area contributed by atoms with Gasteiger partial charge in [0, 0.05) is 37.5 Å². The average molecular weight is 371 g/mol. The normalized spacial score (nSPS) is 22.9. The third-order valence-corrected chi connectivity index (χ3v) is 8.69. The number of thiophene rings is 1. The van der Waals surface area contributed by atoms with Crippen LogP contribution in [0.3, 0.4) is 0 Å². The molecular weight excluding hydrogens is 344 g/mol. The molecule has 5 nitrogen and oxygen atoms in total. The predicted molar refractivity (Wildman–Crippen MR) is 95.6 cm³/mol. The zero-order valence-corrected chi connectivity index (χ0v) is 16.0. The molecule has 1 atom stereocenters. The van der Waals surface area contributed by atoms with Crippen molar-refractivity contribution < 1.29 is 13.2 Å². The van der Waals surface area contributed by atoms with Crippen molar-refractivity contribution in [3.63, 3.8) is 0 Å². The summed E-state index contributed by atoms with van der Waals surface area (Å²) in [5.41, 5.74) is 0. The number of amides is 1. The predicted octanol–water partition coefficient (Wildman–Crippen LogP) is 2.72. The van der Waals surface area contributed by atoms with Crippen molar-refractivity contribution in [3.8, 4) is 0 Å². The standard InChI is InChI=1S/C17H26N2O3S2/c1-3-15-8-9-17(23-15)24(21,22)18(2)11-13-10-16(20)19(12-13)14-6-4-5-7-14/h8-9,13-14H,3-7,10-12H2,1-2H3. The van der Waals surface area contributed by atoms with Crippen LogP contribution in [0.15, 0.2) is 16.3 Å². The molecule has 0 N–H and O–H groups in total. The summed E-state index contributed by atoms with van der Waals surface area (Å²) in [6, 6.07) is 3.96. The topological polar surface area (TPSA) is 57.7 Å². The minimum absolute atomic E-state index is 0.100. The first-order valence-electron chi connectivity index (χ1n) is 8.76. The largest absolute Gasteiger partial charge is 0.339 e. The second-order valence-electron chi connectivity index (χ2n) is 6.91. The van der Waals surface area contributed by atoms with Gasteiger partial charge in [0.2, 0.25) is 5.91 Å². The van der Waals surface area contributed by atoms with E-state index >= 15 is 0 Å². The van der Waals surface area contributed by atoms with E-state index in [1.54, 1.807) is 13.1 Å². The number of sulfonamides is 1. The van der Waals surface area contributed by atoms with E-state index in [1.807, 2.05) is 17.9 Å². The second-order valence-corrected chi connectivity index (χ2v) is 10.4. The van der Waals surface area contributed by atoms with Crippen LogP contribution in [0.1, 0.15) is 43.9 Å². The Kier molecular flexibility index (Phi) is 5.32. The number of aryl methyl sites for hydroxylation is 1. The lowest BCUT2D eigenvalue weighted by Crippen LogP contribution is -2.36. The number of carbonyl (C=O) groups is 1. The fourth-order valence-corrected chi connectivity index (χ4v) is 6.56. The zero-order valence-electron chi connectivity index (χ0n) is 14.4. The molecule has 1 unspecified atom stereocenters. The summed E-state index contributed by atoms with van der Waals surface area (Å²) in [6.45, 7) is 3.14. The summed E-state index contributed by atoms with van der Waals surface area (Å²) in [7, 11) is -1.82. The first-order chi connectivity index (χ1) is 11.4. The Balaban J connectivity index is 1.64. The summed E-state index contributed by atoms with van der Waals surface area (Å²) in [4.78, 5) is 15.3. The van der Waals surface area contributed by atoms with Crippen molar-refractivity contribution in [2.75, 3.05) is 20.1 Å². The molecule has 1 saturated heterocycles. The lowest BCUT2D eigenvalue weighted by molar-refractivity contribution is -0.129. The van der Waals surface area contributed by atoms with E-state index in [1.165, 1.54) is 28.5 Å². The highest BCUT2D eigenvalue weighted by molar-refractivity contribution is 7.91. The smallest absolute Gasteiger partial charge is 0.252 e. The molecule has 3 rings (SSSR count). The van der Waals surface area contributed by atoms with Crippen LogP contribution in [0.2, 0.25) is 0 Å². The number of nitrogens with zero attached hydrogens (tertiary/aromatic N) is 2. The number of carbonyl (C=O) groups excluding carboxylic acids is 1. The van der Waals surface area contributed by atoms with Gasteiger partial charge in [-0.3, -0.25) is 4.79 Å². The van der Waals surface area contributed by atoms with E-state index in [-0.39, 0.29) is 11.8 Å². The van der Waals surface area contributed by atoms with Gasteiger partial charge in [-0.25, -0.2) is 8.42 Å². The van der Waals surface area contributed by atoms with Gasteiger partial charge in [0.1, 0.15) is 4.21 Å². The van der Waals surface area contributed by atoms with Gasteiger partial charge in [-0.15, -0.1) is 11.3 Å². The summed E-state index contributed by atoms with van der Waals surface area (Å²) in [6.07, 6.45) is 5.92. The van der Waals surface area contributed by atoms with Crippen LogP contribution in [0.4, 0.5) is 0 Å². The Morgan fingerprint density at radius 3 is 2.62 bits per heavy atom. The van der Waals surface area contributed by atoms with Gasteiger partial charge in [-0.2, -0.15) is 4.31 Å². The highest BCUT2D eigenvalue weighted by Crippen LogP contribution is 2.31. The van der Waals surface area contributed by atoms with Crippen LogP contribution in [-0.4, -0.2) is 49.7 Å². The maximum absolute atomic E-state index is 12.7. The van der Waals surface area contributed by atoms with Gasteiger partial charge in [0.05, 0.1) is 0 Å². The SMILES string of the molecule is CCc1ccc(S(=O)(=O)N(C)CC2CC(=O)N(C3CCCC3)C2)s1.